The van der Waals surface area contributed by atoms with Crippen LogP contribution in [0.1, 0.15) is 33.6 Å². The SMILES string of the molecule is CCC[C@@](C)(OCC)C(=O)Nc1ccc(OCC(=O)O)cc1. The van der Waals surface area contributed by atoms with E-state index >= 15 is 0 Å². The molecule has 0 radical (unpaired) electrons. The highest BCUT2D eigenvalue weighted by atomic mass is 16.5. The number of aliphatic carboxylic acids is 1. The van der Waals surface area contributed by atoms with Crippen molar-refractivity contribution in [2.45, 2.75) is 39.2 Å². The Labute approximate surface area is 130 Å². The molecule has 2 N–H and O–H groups in total. The average molecular weight is 309 g/mol. The summed E-state index contributed by atoms with van der Waals surface area (Å²) in [6.07, 6.45) is 1.47. The minimum atomic E-state index is -1.04. The number of carboxylic acids is 1. The van der Waals surface area contributed by atoms with E-state index in [0.717, 1.165) is 6.42 Å². The molecule has 0 heterocycles. The van der Waals surface area contributed by atoms with Gasteiger partial charge in [-0.3, -0.25) is 4.79 Å². The van der Waals surface area contributed by atoms with E-state index in [1.54, 1.807) is 31.2 Å². The molecular formula is C16H23NO5. The lowest BCUT2D eigenvalue weighted by molar-refractivity contribution is -0.140. The second-order valence-corrected chi connectivity index (χ2v) is 5.07. The van der Waals surface area contributed by atoms with Crippen LogP contribution in [0.2, 0.25) is 0 Å². The number of rotatable bonds is 9. The summed E-state index contributed by atoms with van der Waals surface area (Å²) in [6, 6.07) is 6.54. The molecule has 0 aliphatic rings. The predicted octanol–water partition coefficient (Wildman–Crippen LogP) is 2.68. The van der Waals surface area contributed by atoms with E-state index in [-0.39, 0.29) is 5.91 Å². The summed E-state index contributed by atoms with van der Waals surface area (Å²) in [4.78, 5) is 22.8. The van der Waals surface area contributed by atoms with Crippen molar-refractivity contribution >= 4 is 17.6 Å². The van der Waals surface area contributed by atoms with Crippen molar-refractivity contribution in [1.29, 1.82) is 0 Å². The first-order valence-corrected chi connectivity index (χ1v) is 7.31. The molecule has 1 aromatic carbocycles. The molecule has 0 saturated carbocycles. The molecule has 1 aromatic rings. The van der Waals surface area contributed by atoms with Gasteiger partial charge in [0, 0.05) is 12.3 Å². The van der Waals surface area contributed by atoms with Crippen LogP contribution in [0.4, 0.5) is 5.69 Å². The fourth-order valence-corrected chi connectivity index (χ4v) is 2.09. The van der Waals surface area contributed by atoms with Crippen LogP contribution in [-0.4, -0.2) is 35.8 Å². The number of benzene rings is 1. The van der Waals surface area contributed by atoms with Crippen LogP contribution in [0.3, 0.4) is 0 Å². The maximum Gasteiger partial charge on any atom is 0.341 e. The van der Waals surface area contributed by atoms with Gasteiger partial charge < -0.3 is 19.9 Å². The number of hydrogen-bond donors (Lipinski definition) is 2. The number of nitrogens with one attached hydrogen (secondary N) is 1. The summed E-state index contributed by atoms with van der Waals surface area (Å²) in [5, 5.41) is 11.4. The zero-order chi connectivity index (χ0) is 16.6. The third kappa shape index (κ3) is 5.37. The summed E-state index contributed by atoms with van der Waals surface area (Å²) in [6.45, 7) is 5.70. The van der Waals surface area contributed by atoms with Crippen LogP contribution in [-0.2, 0) is 14.3 Å². The second-order valence-electron chi connectivity index (χ2n) is 5.07. The lowest BCUT2D eigenvalue weighted by Gasteiger charge is -2.27. The Morgan fingerprint density at radius 2 is 1.86 bits per heavy atom. The molecule has 1 atom stereocenters. The minimum Gasteiger partial charge on any atom is -0.482 e. The molecule has 6 heteroatoms. The maximum atomic E-state index is 12.4. The molecular weight excluding hydrogens is 286 g/mol. The molecule has 0 aliphatic carbocycles. The largest absolute Gasteiger partial charge is 0.482 e. The van der Waals surface area contributed by atoms with Gasteiger partial charge in [0.1, 0.15) is 11.4 Å². The minimum absolute atomic E-state index is 0.199. The highest BCUT2D eigenvalue weighted by molar-refractivity contribution is 5.97. The summed E-state index contributed by atoms with van der Waals surface area (Å²) < 4.78 is 10.6. The highest BCUT2D eigenvalue weighted by Gasteiger charge is 2.32. The first-order chi connectivity index (χ1) is 10.4. The lowest BCUT2D eigenvalue weighted by Crippen LogP contribution is -2.42. The zero-order valence-electron chi connectivity index (χ0n) is 13.2. The monoisotopic (exact) mass is 309 g/mol. The molecule has 6 nitrogen and oxygen atoms in total. The molecule has 1 rings (SSSR count). The van der Waals surface area contributed by atoms with Gasteiger partial charge in [-0.05, 0) is 44.5 Å². The van der Waals surface area contributed by atoms with Gasteiger partial charge in [-0.15, -0.1) is 0 Å². The summed E-state index contributed by atoms with van der Waals surface area (Å²) in [7, 11) is 0. The van der Waals surface area contributed by atoms with Crippen molar-refractivity contribution in [2.75, 3.05) is 18.5 Å². The fourth-order valence-electron chi connectivity index (χ4n) is 2.09. The molecule has 22 heavy (non-hydrogen) atoms. The van der Waals surface area contributed by atoms with Crippen LogP contribution >= 0.6 is 0 Å². The predicted molar refractivity (Wildman–Crippen MR) is 83.1 cm³/mol. The van der Waals surface area contributed by atoms with Gasteiger partial charge in [-0.1, -0.05) is 13.3 Å². The van der Waals surface area contributed by atoms with Crippen LogP contribution < -0.4 is 10.1 Å². The Morgan fingerprint density at radius 1 is 1.23 bits per heavy atom. The topological polar surface area (TPSA) is 84.9 Å². The molecule has 0 spiro atoms. The lowest BCUT2D eigenvalue weighted by atomic mass is 9.99. The van der Waals surface area contributed by atoms with E-state index in [4.69, 9.17) is 14.6 Å². The number of amides is 1. The van der Waals surface area contributed by atoms with Gasteiger partial charge in [-0.25, -0.2) is 4.79 Å². The van der Waals surface area contributed by atoms with Gasteiger partial charge >= 0.3 is 5.97 Å². The number of ether oxygens (including phenoxy) is 2. The van der Waals surface area contributed by atoms with E-state index in [1.165, 1.54) is 0 Å². The molecule has 122 valence electrons. The Balaban J connectivity index is 2.68. The summed E-state index contributed by atoms with van der Waals surface area (Å²) in [5.41, 5.74) is -0.253. The molecule has 1 amide bonds. The quantitative estimate of drug-likeness (QED) is 0.732. The second kappa shape index (κ2) is 8.38. The van der Waals surface area contributed by atoms with Crippen LogP contribution in [0, 0.1) is 0 Å². The molecule has 0 unspecified atom stereocenters. The van der Waals surface area contributed by atoms with E-state index in [0.29, 0.717) is 24.5 Å². The van der Waals surface area contributed by atoms with Crippen LogP contribution in [0.15, 0.2) is 24.3 Å². The normalized spacial score (nSPS) is 13.2. The summed E-state index contributed by atoms with van der Waals surface area (Å²) in [5.74, 6) is -0.804. The van der Waals surface area contributed by atoms with Gasteiger partial charge in [0.2, 0.25) is 0 Å². The number of anilines is 1. The van der Waals surface area contributed by atoms with Crippen LogP contribution in [0.25, 0.3) is 0 Å². The smallest absolute Gasteiger partial charge is 0.341 e. The zero-order valence-corrected chi connectivity index (χ0v) is 13.2. The van der Waals surface area contributed by atoms with E-state index in [1.807, 2.05) is 13.8 Å². The first-order valence-electron chi connectivity index (χ1n) is 7.31. The molecule has 0 saturated heterocycles. The first kappa shape index (κ1) is 18.0. The molecule has 0 bridgehead atoms. The van der Waals surface area contributed by atoms with Crippen molar-refractivity contribution in [3.63, 3.8) is 0 Å². The van der Waals surface area contributed by atoms with E-state index in [9.17, 15) is 9.59 Å². The van der Waals surface area contributed by atoms with Gasteiger partial charge in [0.05, 0.1) is 0 Å². The molecule has 0 aliphatic heterocycles. The fraction of sp³-hybridized carbons (Fsp3) is 0.500. The van der Waals surface area contributed by atoms with Crippen molar-refractivity contribution in [1.82, 2.24) is 0 Å². The number of hydrogen-bond acceptors (Lipinski definition) is 4. The summed E-state index contributed by atoms with van der Waals surface area (Å²) >= 11 is 0. The van der Waals surface area contributed by atoms with E-state index in [2.05, 4.69) is 5.32 Å². The standard InChI is InChI=1S/C16H23NO5/c1-4-10-16(3,22-5-2)15(20)17-12-6-8-13(9-7-12)21-11-14(18)19/h6-9H,4-5,10-11H2,1-3H3,(H,17,20)(H,18,19)/t16-/m1/s1. The molecule has 0 aromatic heterocycles. The Kier molecular flexibility index (Phi) is 6.85. The molecule has 0 fully saturated rings. The van der Waals surface area contributed by atoms with Crippen molar-refractivity contribution in [2.24, 2.45) is 0 Å². The van der Waals surface area contributed by atoms with Gasteiger partial charge in [0.15, 0.2) is 6.61 Å². The van der Waals surface area contributed by atoms with Gasteiger partial charge in [0.25, 0.3) is 5.91 Å². The van der Waals surface area contributed by atoms with Crippen molar-refractivity contribution < 1.29 is 24.2 Å². The van der Waals surface area contributed by atoms with Gasteiger partial charge in [-0.2, -0.15) is 0 Å². The van der Waals surface area contributed by atoms with Crippen molar-refractivity contribution in [3.05, 3.63) is 24.3 Å². The number of carboxylic acid groups (broad SMARTS) is 1. The number of carbonyl (C=O) groups is 2. The third-order valence-corrected chi connectivity index (χ3v) is 3.14. The Bertz CT molecular complexity index is 492. The third-order valence-electron chi connectivity index (χ3n) is 3.14. The number of carbonyl (C=O) groups excluding carboxylic acids is 1. The maximum absolute atomic E-state index is 12.4. The van der Waals surface area contributed by atoms with Crippen molar-refractivity contribution in [3.8, 4) is 5.75 Å². The highest BCUT2D eigenvalue weighted by Crippen LogP contribution is 2.22. The average Bonchev–Trinajstić information content (AvgIpc) is 2.47. The Morgan fingerprint density at radius 3 is 2.36 bits per heavy atom. The van der Waals surface area contributed by atoms with Crippen LogP contribution in [0.5, 0.6) is 5.75 Å². The Hall–Kier alpha value is -2.08. The van der Waals surface area contributed by atoms with E-state index < -0.39 is 18.2 Å².